The number of ketones is 1. The fraction of sp³-hybridized carbons (Fsp3) is 0.467. The van der Waals surface area contributed by atoms with Crippen molar-refractivity contribution >= 4 is 11.9 Å². The maximum Gasteiger partial charge on any atom is 0.514 e. The fourth-order valence-corrected chi connectivity index (χ4v) is 1.41. The van der Waals surface area contributed by atoms with Crippen LogP contribution in [0.5, 0.6) is 5.75 Å². The molecule has 0 unspecified atom stereocenters. The summed E-state index contributed by atoms with van der Waals surface area (Å²) in [4.78, 5) is 22.3. The van der Waals surface area contributed by atoms with E-state index in [-0.39, 0.29) is 5.78 Å². The minimum atomic E-state index is -0.719. The van der Waals surface area contributed by atoms with Crippen molar-refractivity contribution in [1.29, 1.82) is 0 Å². The topological polar surface area (TPSA) is 52.6 Å². The predicted octanol–water partition coefficient (Wildman–Crippen LogP) is 3.52. The van der Waals surface area contributed by atoms with Crippen LogP contribution in [0.3, 0.4) is 0 Å². The second kappa shape index (κ2) is 6.36. The lowest BCUT2D eigenvalue weighted by Crippen LogP contribution is -2.25. The first-order chi connectivity index (χ1) is 8.76. The van der Waals surface area contributed by atoms with Crippen LogP contribution in [0.2, 0.25) is 0 Å². The first kappa shape index (κ1) is 15.2. The summed E-state index contributed by atoms with van der Waals surface area (Å²) in [5, 5.41) is 0. The summed E-state index contributed by atoms with van der Waals surface area (Å²) in [5.74, 6) is 0.593. The van der Waals surface area contributed by atoms with Crippen molar-refractivity contribution in [3.63, 3.8) is 0 Å². The van der Waals surface area contributed by atoms with E-state index in [1.807, 2.05) is 12.1 Å². The number of ether oxygens (including phenoxy) is 2. The van der Waals surface area contributed by atoms with E-state index >= 15 is 0 Å². The molecule has 0 aliphatic carbocycles. The first-order valence-electron chi connectivity index (χ1n) is 6.25. The second-order valence-corrected chi connectivity index (χ2v) is 5.41. The Labute approximate surface area is 113 Å². The highest BCUT2D eigenvalue weighted by atomic mass is 16.7. The zero-order valence-corrected chi connectivity index (χ0v) is 11.9. The van der Waals surface area contributed by atoms with E-state index in [1.54, 1.807) is 39.8 Å². The van der Waals surface area contributed by atoms with E-state index in [0.717, 1.165) is 5.56 Å². The molecule has 4 nitrogen and oxygen atoms in total. The molecule has 0 aliphatic heterocycles. The Morgan fingerprint density at radius 1 is 1.11 bits per heavy atom. The Balaban J connectivity index is 2.52. The highest BCUT2D eigenvalue weighted by Crippen LogP contribution is 2.16. The van der Waals surface area contributed by atoms with Gasteiger partial charge in [0.25, 0.3) is 0 Å². The minimum absolute atomic E-state index is 0.161. The molecule has 1 aromatic rings. The Kier molecular flexibility index (Phi) is 5.10. The summed E-state index contributed by atoms with van der Waals surface area (Å²) >= 11 is 0. The number of hydrogen-bond donors (Lipinski definition) is 0. The summed E-state index contributed by atoms with van der Waals surface area (Å²) in [6.07, 6.45) is 0.498. The molecule has 0 atom stereocenters. The second-order valence-electron chi connectivity index (χ2n) is 5.41. The number of Topliss-reactive ketones (excluding diaryl/α,β-unsaturated/α-hetero) is 1. The van der Waals surface area contributed by atoms with Crippen LogP contribution in [0.15, 0.2) is 24.3 Å². The first-order valence-corrected chi connectivity index (χ1v) is 6.25. The van der Waals surface area contributed by atoms with Crippen LogP contribution >= 0.6 is 0 Å². The standard InChI is InChI=1S/C15H20O4/c1-11(16)5-6-12-7-9-13(10-8-12)18-14(17)19-15(2,3)4/h7-10H,5-6H2,1-4H3. The van der Waals surface area contributed by atoms with Gasteiger partial charge in [0.05, 0.1) is 0 Å². The summed E-state index contributed by atoms with van der Waals surface area (Å²) < 4.78 is 10.1. The quantitative estimate of drug-likeness (QED) is 0.616. The van der Waals surface area contributed by atoms with Crippen molar-refractivity contribution in [2.24, 2.45) is 0 Å². The van der Waals surface area contributed by atoms with Gasteiger partial charge in [0.15, 0.2) is 0 Å². The molecule has 0 heterocycles. The zero-order chi connectivity index (χ0) is 14.5. The van der Waals surface area contributed by atoms with Gasteiger partial charge in [-0.15, -0.1) is 0 Å². The van der Waals surface area contributed by atoms with Crippen LogP contribution in [-0.2, 0) is 16.0 Å². The van der Waals surface area contributed by atoms with Crippen LogP contribution in [0.25, 0.3) is 0 Å². The fourth-order valence-electron chi connectivity index (χ4n) is 1.41. The highest BCUT2D eigenvalue weighted by molar-refractivity contribution is 5.75. The van der Waals surface area contributed by atoms with E-state index < -0.39 is 11.8 Å². The average Bonchev–Trinajstić information content (AvgIpc) is 2.25. The zero-order valence-electron chi connectivity index (χ0n) is 11.9. The summed E-state index contributed by atoms with van der Waals surface area (Å²) in [5.41, 5.74) is 0.463. The Morgan fingerprint density at radius 2 is 1.68 bits per heavy atom. The molecule has 1 aromatic carbocycles. The van der Waals surface area contributed by atoms with Crippen LogP contribution in [0.1, 0.15) is 39.7 Å². The van der Waals surface area contributed by atoms with E-state index in [0.29, 0.717) is 18.6 Å². The van der Waals surface area contributed by atoms with Gasteiger partial charge in [-0.25, -0.2) is 4.79 Å². The monoisotopic (exact) mass is 264 g/mol. The van der Waals surface area contributed by atoms with Gasteiger partial charge in [-0.05, 0) is 51.8 Å². The summed E-state index contributed by atoms with van der Waals surface area (Å²) in [6, 6.07) is 7.06. The van der Waals surface area contributed by atoms with Gasteiger partial charge in [-0.3, -0.25) is 0 Å². The smallest absolute Gasteiger partial charge is 0.428 e. The van der Waals surface area contributed by atoms with Gasteiger partial charge in [-0.2, -0.15) is 0 Å². The normalized spacial score (nSPS) is 10.9. The van der Waals surface area contributed by atoms with Crippen molar-refractivity contribution in [3.8, 4) is 5.75 Å². The molecule has 4 heteroatoms. The SMILES string of the molecule is CC(=O)CCc1ccc(OC(=O)OC(C)(C)C)cc1. The van der Waals surface area contributed by atoms with Crippen LogP contribution in [0, 0.1) is 0 Å². The van der Waals surface area contributed by atoms with Crippen molar-refractivity contribution in [2.45, 2.75) is 46.1 Å². The van der Waals surface area contributed by atoms with Crippen LogP contribution < -0.4 is 4.74 Å². The summed E-state index contributed by atoms with van der Waals surface area (Å²) in [6.45, 7) is 6.90. The molecular weight excluding hydrogens is 244 g/mol. The number of rotatable bonds is 4. The molecular formula is C15H20O4. The minimum Gasteiger partial charge on any atom is -0.428 e. The van der Waals surface area contributed by atoms with Crippen molar-refractivity contribution in [3.05, 3.63) is 29.8 Å². The van der Waals surface area contributed by atoms with Gasteiger partial charge in [0.2, 0.25) is 0 Å². The Hall–Kier alpha value is -1.84. The van der Waals surface area contributed by atoms with Gasteiger partial charge in [-0.1, -0.05) is 12.1 Å². The molecule has 0 fully saturated rings. The molecule has 0 aliphatic rings. The van der Waals surface area contributed by atoms with Crippen LogP contribution in [0.4, 0.5) is 4.79 Å². The third-order valence-electron chi connectivity index (χ3n) is 2.28. The van der Waals surface area contributed by atoms with Gasteiger partial charge >= 0.3 is 6.16 Å². The third-order valence-corrected chi connectivity index (χ3v) is 2.28. The molecule has 0 spiro atoms. The Morgan fingerprint density at radius 3 is 2.16 bits per heavy atom. The van der Waals surface area contributed by atoms with E-state index in [4.69, 9.17) is 9.47 Å². The molecule has 0 amide bonds. The number of hydrogen-bond acceptors (Lipinski definition) is 4. The number of aryl methyl sites for hydroxylation is 1. The third kappa shape index (κ3) is 6.60. The number of carbonyl (C=O) groups excluding carboxylic acids is 2. The molecule has 0 saturated carbocycles. The van der Waals surface area contributed by atoms with Crippen molar-refractivity contribution in [2.75, 3.05) is 0 Å². The van der Waals surface area contributed by atoms with Crippen molar-refractivity contribution < 1.29 is 19.1 Å². The van der Waals surface area contributed by atoms with Crippen molar-refractivity contribution in [1.82, 2.24) is 0 Å². The molecule has 1 rings (SSSR count). The van der Waals surface area contributed by atoms with E-state index in [1.165, 1.54) is 0 Å². The highest BCUT2D eigenvalue weighted by Gasteiger charge is 2.17. The lowest BCUT2D eigenvalue weighted by molar-refractivity contribution is -0.116. The van der Waals surface area contributed by atoms with E-state index in [2.05, 4.69) is 0 Å². The largest absolute Gasteiger partial charge is 0.514 e. The molecule has 0 saturated heterocycles. The Bertz CT molecular complexity index is 440. The molecule has 0 N–H and O–H groups in total. The van der Waals surface area contributed by atoms with Crippen LogP contribution in [-0.4, -0.2) is 17.5 Å². The lowest BCUT2D eigenvalue weighted by Gasteiger charge is -2.18. The maximum absolute atomic E-state index is 11.4. The number of benzene rings is 1. The van der Waals surface area contributed by atoms with E-state index in [9.17, 15) is 9.59 Å². The van der Waals surface area contributed by atoms with Gasteiger partial charge < -0.3 is 14.3 Å². The van der Waals surface area contributed by atoms with Gasteiger partial charge in [0.1, 0.15) is 17.1 Å². The average molecular weight is 264 g/mol. The summed E-state index contributed by atoms with van der Waals surface area (Å²) in [7, 11) is 0. The molecule has 0 bridgehead atoms. The predicted molar refractivity (Wildman–Crippen MR) is 72.3 cm³/mol. The molecule has 19 heavy (non-hydrogen) atoms. The molecule has 0 radical (unpaired) electrons. The molecule has 104 valence electrons. The maximum atomic E-state index is 11.4. The number of carbonyl (C=O) groups is 2. The lowest BCUT2D eigenvalue weighted by atomic mass is 10.1. The van der Waals surface area contributed by atoms with Gasteiger partial charge in [0, 0.05) is 6.42 Å². The molecule has 0 aromatic heterocycles.